The molecular weight excluding hydrogens is 287 g/mol. The molecule has 0 fully saturated rings. The highest BCUT2D eigenvalue weighted by Gasteiger charge is 2.13. The van der Waals surface area contributed by atoms with E-state index in [1.807, 2.05) is 0 Å². The Kier molecular flexibility index (Phi) is 4.80. The van der Waals surface area contributed by atoms with Gasteiger partial charge in [-0.2, -0.15) is 0 Å². The van der Waals surface area contributed by atoms with Gasteiger partial charge in [0.2, 0.25) is 0 Å². The molecule has 0 saturated heterocycles. The molecule has 0 saturated carbocycles. The van der Waals surface area contributed by atoms with Crippen molar-refractivity contribution in [3.63, 3.8) is 0 Å². The maximum absolute atomic E-state index is 12.2. The molecule has 1 rings (SSSR count). The van der Waals surface area contributed by atoms with Crippen molar-refractivity contribution in [2.75, 3.05) is 18.5 Å². The van der Waals surface area contributed by atoms with Gasteiger partial charge in [0.25, 0.3) is 6.43 Å². The van der Waals surface area contributed by atoms with Crippen LogP contribution >= 0.6 is 27.5 Å². The van der Waals surface area contributed by atoms with Crippen LogP contribution in [0.25, 0.3) is 0 Å². The van der Waals surface area contributed by atoms with Crippen LogP contribution < -0.4 is 4.90 Å². The first-order chi connectivity index (χ1) is 7.06. The minimum absolute atomic E-state index is 0.291. The van der Waals surface area contributed by atoms with Gasteiger partial charge in [0.15, 0.2) is 0 Å². The largest absolute Gasteiger partial charge is 0.369 e. The molecular formula is C10H11BrClF2N. The van der Waals surface area contributed by atoms with Gasteiger partial charge in [0.05, 0.1) is 6.54 Å². The highest BCUT2D eigenvalue weighted by molar-refractivity contribution is 9.08. The Labute approximate surface area is 101 Å². The van der Waals surface area contributed by atoms with E-state index in [1.165, 1.54) is 4.90 Å². The van der Waals surface area contributed by atoms with Gasteiger partial charge >= 0.3 is 0 Å². The Hall–Kier alpha value is -0.350. The molecule has 0 N–H and O–H groups in total. The Morgan fingerprint density at radius 3 is 2.67 bits per heavy atom. The molecule has 0 heterocycles. The molecule has 0 unspecified atom stereocenters. The number of nitrogens with zero attached hydrogens (tertiary/aromatic N) is 1. The fourth-order valence-corrected chi connectivity index (χ4v) is 2.33. The first kappa shape index (κ1) is 12.7. The van der Waals surface area contributed by atoms with Crippen molar-refractivity contribution in [1.29, 1.82) is 0 Å². The van der Waals surface area contributed by atoms with Crippen LogP contribution in [0, 0.1) is 0 Å². The Bertz CT molecular complexity index is 333. The Balaban J connectivity index is 2.97. The van der Waals surface area contributed by atoms with Gasteiger partial charge in [-0.3, -0.25) is 0 Å². The van der Waals surface area contributed by atoms with Gasteiger partial charge in [0.1, 0.15) is 0 Å². The van der Waals surface area contributed by atoms with E-state index in [-0.39, 0.29) is 6.54 Å². The number of alkyl halides is 3. The molecule has 0 amide bonds. The lowest BCUT2D eigenvalue weighted by molar-refractivity contribution is 0.156. The van der Waals surface area contributed by atoms with E-state index in [9.17, 15) is 8.78 Å². The summed E-state index contributed by atoms with van der Waals surface area (Å²) in [5, 5.41) is 1.14. The summed E-state index contributed by atoms with van der Waals surface area (Å²) in [5.41, 5.74) is 1.57. The second-order valence-electron chi connectivity index (χ2n) is 3.14. The van der Waals surface area contributed by atoms with Crippen molar-refractivity contribution in [1.82, 2.24) is 0 Å². The summed E-state index contributed by atoms with van der Waals surface area (Å²) in [6, 6.07) is 5.29. The van der Waals surface area contributed by atoms with Crippen LogP contribution in [-0.4, -0.2) is 20.0 Å². The normalized spacial score (nSPS) is 10.8. The van der Waals surface area contributed by atoms with Gasteiger partial charge in [-0.05, 0) is 12.1 Å². The number of rotatable bonds is 4. The second-order valence-corrected chi connectivity index (χ2v) is 4.11. The molecule has 0 aromatic heterocycles. The molecule has 0 radical (unpaired) electrons. The Morgan fingerprint density at radius 2 is 2.13 bits per heavy atom. The van der Waals surface area contributed by atoms with Gasteiger partial charge in [-0.1, -0.05) is 33.6 Å². The second kappa shape index (κ2) is 5.66. The fraction of sp³-hybridized carbons (Fsp3) is 0.400. The summed E-state index contributed by atoms with van der Waals surface area (Å²) in [5.74, 6) is 0. The maximum atomic E-state index is 12.2. The van der Waals surface area contributed by atoms with E-state index in [1.54, 1.807) is 25.2 Å². The van der Waals surface area contributed by atoms with E-state index >= 15 is 0 Å². The van der Waals surface area contributed by atoms with Gasteiger partial charge in [0, 0.05) is 28.7 Å². The van der Waals surface area contributed by atoms with E-state index < -0.39 is 6.43 Å². The van der Waals surface area contributed by atoms with Crippen molar-refractivity contribution in [3.8, 4) is 0 Å². The van der Waals surface area contributed by atoms with Crippen molar-refractivity contribution >= 4 is 33.2 Å². The molecule has 5 heteroatoms. The van der Waals surface area contributed by atoms with E-state index in [2.05, 4.69) is 15.9 Å². The lowest BCUT2D eigenvalue weighted by atomic mass is 10.2. The predicted molar refractivity (Wildman–Crippen MR) is 63.4 cm³/mol. The van der Waals surface area contributed by atoms with Gasteiger partial charge in [-0.25, -0.2) is 8.78 Å². The molecule has 84 valence electrons. The van der Waals surface area contributed by atoms with E-state index in [4.69, 9.17) is 11.6 Å². The monoisotopic (exact) mass is 297 g/mol. The molecule has 0 spiro atoms. The summed E-state index contributed by atoms with van der Waals surface area (Å²) in [6.45, 7) is -0.291. The zero-order chi connectivity index (χ0) is 11.4. The molecule has 0 aliphatic rings. The SMILES string of the molecule is CN(CC(F)F)c1cccc(Cl)c1CBr. The summed E-state index contributed by atoms with van der Waals surface area (Å²) >= 11 is 9.26. The van der Waals surface area contributed by atoms with Crippen molar-refractivity contribution in [2.24, 2.45) is 0 Å². The molecule has 1 nitrogen and oxygen atoms in total. The number of hydrogen-bond donors (Lipinski definition) is 0. The van der Waals surface area contributed by atoms with Crippen LogP contribution in [0.2, 0.25) is 5.02 Å². The fourth-order valence-electron chi connectivity index (χ4n) is 1.34. The third kappa shape index (κ3) is 3.31. The zero-order valence-electron chi connectivity index (χ0n) is 8.18. The standard InChI is InChI=1S/C10H11BrClF2N/c1-15(6-10(13)14)9-4-2-3-8(12)7(9)5-11/h2-4,10H,5-6H2,1H3. The maximum Gasteiger partial charge on any atom is 0.255 e. The lowest BCUT2D eigenvalue weighted by Crippen LogP contribution is -2.24. The Morgan fingerprint density at radius 1 is 1.47 bits per heavy atom. The zero-order valence-corrected chi connectivity index (χ0v) is 10.5. The van der Waals surface area contributed by atoms with Crippen LogP contribution in [0.1, 0.15) is 5.56 Å². The van der Waals surface area contributed by atoms with Crippen molar-refractivity contribution < 1.29 is 8.78 Å². The van der Waals surface area contributed by atoms with E-state index in [0.29, 0.717) is 10.4 Å². The topological polar surface area (TPSA) is 3.24 Å². The summed E-state index contributed by atoms with van der Waals surface area (Å²) < 4.78 is 24.4. The molecule has 1 aromatic carbocycles. The van der Waals surface area contributed by atoms with Gasteiger partial charge < -0.3 is 4.90 Å². The van der Waals surface area contributed by atoms with Crippen LogP contribution in [-0.2, 0) is 5.33 Å². The predicted octanol–water partition coefficient (Wildman–Crippen LogP) is 3.94. The van der Waals surface area contributed by atoms with E-state index in [0.717, 1.165) is 11.3 Å². The molecule has 15 heavy (non-hydrogen) atoms. The van der Waals surface area contributed by atoms with Crippen molar-refractivity contribution in [2.45, 2.75) is 11.8 Å². The van der Waals surface area contributed by atoms with Gasteiger partial charge in [-0.15, -0.1) is 0 Å². The minimum Gasteiger partial charge on any atom is -0.369 e. The number of benzene rings is 1. The molecule has 0 atom stereocenters. The number of halogens is 4. The molecule has 1 aromatic rings. The highest BCUT2D eigenvalue weighted by atomic mass is 79.9. The quantitative estimate of drug-likeness (QED) is 0.761. The summed E-state index contributed by atoms with van der Waals surface area (Å²) in [4.78, 5) is 1.51. The number of anilines is 1. The molecule has 0 aliphatic carbocycles. The third-order valence-corrected chi connectivity index (χ3v) is 2.97. The van der Waals surface area contributed by atoms with Crippen molar-refractivity contribution in [3.05, 3.63) is 28.8 Å². The third-order valence-electron chi connectivity index (χ3n) is 2.05. The highest BCUT2D eigenvalue weighted by Crippen LogP contribution is 2.29. The lowest BCUT2D eigenvalue weighted by Gasteiger charge is -2.22. The van der Waals surface area contributed by atoms with Crippen LogP contribution in [0.15, 0.2) is 18.2 Å². The number of hydrogen-bond acceptors (Lipinski definition) is 1. The smallest absolute Gasteiger partial charge is 0.255 e. The average Bonchev–Trinajstić information content (AvgIpc) is 2.16. The summed E-state index contributed by atoms with van der Waals surface area (Å²) in [7, 11) is 1.63. The molecule has 0 aliphatic heterocycles. The average molecular weight is 299 g/mol. The van der Waals surface area contributed by atoms with Crippen LogP contribution in [0.5, 0.6) is 0 Å². The minimum atomic E-state index is -2.35. The first-order valence-electron chi connectivity index (χ1n) is 4.39. The first-order valence-corrected chi connectivity index (χ1v) is 5.88. The summed E-state index contributed by atoms with van der Waals surface area (Å²) in [6.07, 6.45) is -2.35. The molecule has 0 bridgehead atoms. The van der Waals surface area contributed by atoms with Crippen LogP contribution in [0.3, 0.4) is 0 Å². The van der Waals surface area contributed by atoms with Crippen LogP contribution in [0.4, 0.5) is 14.5 Å².